The Morgan fingerprint density at radius 3 is 2.45 bits per heavy atom. The molecule has 2 rings (SSSR count). The number of carbonyl (C=O) groups is 2. The minimum Gasteiger partial charge on any atom is -0.475 e. The van der Waals surface area contributed by atoms with E-state index in [-0.39, 0.29) is 6.03 Å². The lowest BCUT2D eigenvalue weighted by atomic mass is 9.98. The Bertz CT molecular complexity index is 635. The van der Waals surface area contributed by atoms with Crippen molar-refractivity contribution in [3.63, 3.8) is 0 Å². The second-order valence-electron chi connectivity index (χ2n) is 6.63. The van der Waals surface area contributed by atoms with Crippen molar-refractivity contribution in [3.8, 4) is 0 Å². The quantitative estimate of drug-likeness (QED) is 0.651. The maximum Gasteiger partial charge on any atom is 0.490 e. The first-order valence-electron chi connectivity index (χ1n) is 9.06. The zero-order valence-corrected chi connectivity index (χ0v) is 16.5. The van der Waals surface area contributed by atoms with E-state index in [1.165, 1.54) is 0 Å². The Kier molecular flexibility index (Phi) is 10.4. The molecule has 0 atom stereocenters. The van der Waals surface area contributed by atoms with Gasteiger partial charge < -0.3 is 25.4 Å². The zero-order chi connectivity index (χ0) is 21.9. The van der Waals surface area contributed by atoms with Gasteiger partial charge in [0.25, 0.3) is 0 Å². The van der Waals surface area contributed by atoms with Crippen molar-refractivity contribution >= 4 is 12.0 Å². The summed E-state index contributed by atoms with van der Waals surface area (Å²) in [6.45, 7) is 3.92. The molecular formula is C18H27F3N4O4. The normalized spacial score (nSPS) is 14.5. The monoisotopic (exact) mass is 420 g/mol. The van der Waals surface area contributed by atoms with Gasteiger partial charge in [0.2, 0.25) is 0 Å². The van der Waals surface area contributed by atoms with Crippen molar-refractivity contribution in [1.82, 2.24) is 20.5 Å². The van der Waals surface area contributed by atoms with Gasteiger partial charge in [-0.25, -0.2) is 9.59 Å². The highest BCUT2D eigenvalue weighted by molar-refractivity contribution is 5.73. The first-order valence-corrected chi connectivity index (χ1v) is 9.06. The SMILES string of the molecule is COCc1ccc(CN(C)C(=O)NCC2CCNCC2)cn1.O=C(O)C(F)(F)F. The second-order valence-corrected chi connectivity index (χ2v) is 6.63. The lowest BCUT2D eigenvalue weighted by Crippen LogP contribution is -2.41. The number of rotatable bonds is 6. The van der Waals surface area contributed by atoms with Gasteiger partial charge in [-0.15, -0.1) is 0 Å². The number of hydrogen-bond acceptors (Lipinski definition) is 5. The Hall–Kier alpha value is -2.40. The number of nitrogens with one attached hydrogen (secondary N) is 2. The molecule has 1 fully saturated rings. The zero-order valence-electron chi connectivity index (χ0n) is 16.5. The van der Waals surface area contributed by atoms with Crippen LogP contribution in [-0.4, -0.2) is 67.0 Å². The van der Waals surface area contributed by atoms with Gasteiger partial charge >= 0.3 is 18.2 Å². The van der Waals surface area contributed by atoms with Gasteiger partial charge in [0.05, 0.1) is 12.3 Å². The number of piperidine rings is 1. The summed E-state index contributed by atoms with van der Waals surface area (Å²) >= 11 is 0. The highest BCUT2D eigenvalue weighted by Gasteiger charge is 2.38. The average molecular weight is 420 g/mol. The van der Waals surface area contributed by atoms with E-state index < -0.39 is 12.1 Å². The largest absolute Gasteiger partial charge is 0.490 e. The molecule has 2 heterocycles. The van der Waals surface area contributed by atoms with Crippen LogP contribution in [0.4, 0.5) is 18.0 Å². The summed E-state index contributed by atoms with van der Waals surface area (Å²) in [6.07, 6.45) is -1.02. The number of ether oxygens (including phenoxy) is 1. The summed E-state index contributed by atoms with van der Waals surface area (Å²) in [6, 6.07) is 3.89. The van der Waals surface area contributed by atoms with Gasteiger partial charge in [0, 0.05) is 33.4 Å². The topological polar surface area (TPSA) is 104 Å². The van der Waals surface area contributed by atoms with Crippen LogP contribution >= 0.6 is 0 Å². The predicted molar refractivity (Wildman–Crippen MR) is 99.1 cm³/mol. The molecule has 1 aliphatic heterocycles. The molecule has 1 aliphatic rings. The number of amides is 2. The summed E-state index contributed by atoms with van der Waals surface area (Å²) in [5.41, 5.74) is 1.91. The first-order chi connectivity index (χ1) is 13.6. The summed E-state index contributed by atoms with van der Waals surface area (Å²) in [5.74, 6) is -2.17. The third-order valence-corrected chi connectivity index (χ3v) is 4.19. The number of alkyl halides is 3. The number of halogens is 3. The lowest BCUT2D eigenvalue weighted by Gasteiger charge is -2.24. The first kappa shape index (κ1) is 24.6. The molecule has 1 aromatic rings. The van der Waals surface area contributed by atoms with Crippen LogP contribution in [0.1, 0.15) is 24.1 Å². The fourth-order valence-electron chi connectivity index (χ4n) is 2.58. The fraction of sp³-hybridized carbons (Fsp3) is 0.611. The van der Waals surface area contributed by atoms with Crippen molar-refractivity contribution in [2.45, 2.75) is 32.2 Å². The molecular weight excluding hydrogens is 393 g/mol. The lowest BCUT2D eigenvalue weighted by molar-refractivity contribution is -0.192. The fourth-order valence-corrected chi connectivity index (χ4v) is 2.58. The second kappa shape index (κ2) is 12.2. The summed E-state index contributed by atoms with van der Waals surface area (Å²) in [5, 5.41) is 13.5. The van der Waals surface area contributed by atoms with Gasteiger partial charge in [-0.3, -0.25) is 4.98 Å². The van der Waals surface area contributed by atoms with Crippen molar-refractivity contribution < 1.29 is 32.6 Å². The van der Waals surface area contributed by atoms with Crippen LogP contribution in [0.3, 0.4) is 0 Å². The van der Waals surface area contributed by atoms with Gasteiger partial charge in [-0.2, -0.15) is 13.2 Å². The molecule has 0 bridgehead atoms. The average Bonchev–Trinajstić information content (AvgIpc) is 2.68. The van der Waals surface area contributed by atoms with E-state index in [0.717, 1.165) is 43.7 Å². The van der Waals surface area contributed by atoms with Crippen molar-refractivity contribution in [2.24, 2.45) is 5.92 Å². The molecule has 8 nitrogen and oxygen atoms in total. The number of methoxy groups -OCH3 is 1. The van der Waals surface area contributed by atoms with Crippen LogP contribution in [0.25, 0.3) is 0 Å². The summed E-state index contributed by atoms with van der Waals surface area (Å²) in [7, 11) is 3.46. The summed E-state index contributed by atoms with van der Waals surface area (Å²) in [4.78, 5) is 27.0. The number of carboxylic acid groups (broad SMARTS) is 1. The van der Waals surface area contributed by atoms with Crippen LogP contribution in [0.5, 0.6) is 0 Å². The molecule has 0 spiro atoms. The Labute approximate surface area is 167 Å². The Balaban J connectivity index is 0.000000516. The molecule has 29 heavy (non-hydrogen) atoms. The van der Waals surface area contributed by atoms with E-state index in [2.05, 4.69) is 15.6 Å². The number of aromatic nitrogens is 1. The van der Waals surface area contributed by atoms with E-state index in [9.17, 15) is 18.0 Å². The maximum atomic E-state index is 12.1. The standard InChI is InChI=1S/C16H26N4O2.C2HF3O2/c1-20(11-14-3-4-15(12-22-2)18-10-14)16(21)19-9-13-5-7-17-8-6-13;3-2(4,5)1(6)7/h3-4,10,13,17H,5-9,11-12H2,1-2H3,(H,19,21);(H,6,7). The third kappa shape index (κ3) is 10.1. The van der Waals surface area contributed by atoms with E-state index in [4.69, 9.17) is 14.6 Å². The number of carboxylic acids is 1. The van der Waals surface area contributed by atoms with Gasteiger partial charge in [-0.1, -0.05) is 6.07 Å². The van der Waals surface area contributed by atoms with Gasteiger partial charge in [0.15, 0.2) is 0 Å². The van der Waals surface area contributed by atoms with Gasteiger partial charge in [0.1, 0.15) is 0 Å². The number of hydrogen-bond donors (Lipinski definition) is 3. The number of nitrogens with zero attached hydrogens (tertiary/aromatic N) is 2. The van der Waals surface area contributed by atoms with Crippen LogP contribution in [0.2, 0.25) is 0 Å². The molecule has 2 amide bonds. The number of aliphatic carboxylic acids is 1. The van der Waals surface area contributed by atoms with Crippen molar-refractivity contribution in [2.75, 3.05) is 33.8 Å². The highest BCUT2D eigenvalue weighted by Crippen LogP contribution is 2.13. The molecule has 0 aliphatic carbocycles. The number of carbonyl (C=O) groups excluding carboxylic acids is 1. The van der Waals surface area contributed by atoms with Gasteiger partial charge in [-0.05, 0) is 43.5 Å². The van der Waals surface area contributed by atoms with E-state index in [1.807, 2.05) is 12.1 Å². The molecule has 3 N–H and O–H groups in total. The van der Waals surface area contributed by atoms with Crippen LogP contribution < -0.4 is 10.6 Å². The smallest absolute Gasteiger partial charge is 0.475 e. The van der Waals surface area contributed by atoms with E-state index in [0.29, 0.717) is 19.1 Å². The number of urea groups is 1. The van der Waals surface area contributed by atoms with Crippen LogP contribution in [0.15, 0.2) is 18.3 Å². The third-order valence-electron chi connectivity index (χ3n) is 4.19. The van der Waals surface area contributed by atoms with Crippen LogP contribution in [0, 0.1) is 5.92 Å². The van der Waals surface area contributed by atoms with Crippen LogP contribution in [-0.2, 0) is 22.7 Å². The molecule has 11 heteroatoms. The van der Waals surface area contributed by atoms with E-state index >= 15 is 0 Å². The molecule has 0 saturated carbocycles. The number of pyridine rings is 1. The minimum absolute atomic E-state index is 0.0282. The molecule has 164 valence electrons. The summed E-state index contributed by atoms with van der Waals surface area (Å²) < 4.78 is 36.8. The molecule has 1 aromatic heterocycles. The maximum absolute atomic E-state index is 12.1. The molecule has 0 aromatic carbocycles. The Morgan fingerprint density at radius 2 is 1.97 bits per heavy atom. The molecule has 0 unspecified atom stereocenters. The van der Waals surface area contributed by atoms with Crippen molar-refractivity contribution in [1.29, 1.82) is 0 Å². The van der Waals surface area contributed by atoms with Crippen molar-refractivity contribution in [3.05, 3.63) is 29.6 Å². The predicted octanol–water partition coefficient (Wildman–Crippen LogP) is 2.00. The minimum atomic E-state index is -5.08. The molecule has 0 radical (unpaired) electrons. The van der Waals surface area contributed by atoms with E-state index in [1.54, 1.807) is 25.3 Å². The highest BCUT2D eigenvalue weighted by atomic mass is 19.4. The molecule has 1 saturated heterocycles. The Morgan fingerprint density at radius 1 is 1.34 bits per heavy atom.